The van der Waals surface area contributed by atoms with Gasteiger partial charge in [-0.05, 0) is 30.4 Å². The Morgan fingerprint density at radius 3 is 2.60 bits per heavy atom. The number of hydrogen-bond acceptors (Lipinski definition) is 3. The maximum Gasteiger partial charge on any atom is 0.287 e. The van der Waals surface area contributed by atoms with Gasteiger partial charge >= 0.3 is 0 Å². The highest BCUT2D eigenvalue weighted by Gasteiger charge is 2.34. The molecule has 1 amide bonds. The van der Waals surface area contributed by atoms with Crippen LogP contribution in [0, 0.1) is 5.92 Å². The Hall–Kier alpha value is -2.59. The molecule has 4 nitrogen and oxygen atoms in total. The molecular weight excluding hydrogens is 314 g/mol. The second kappa shape index (κ2) is 6.73. The molecule has 4 rings (SSSR count). The molecule has 0 aliphatic heterocycles. The van der Waals surface area contributed by atoms with Crippen molar-refractivity contribution in [3.63, 3.8) is 0 Å². The normalized spacial score (nSPS) is 15.2. The van der Waals surface area contributed by atoms with Gasteiger partial charge in [0.2, 0.25) is 0 Å². The molecule has 0 radical (unpaired) electrons. The van der Waals surface area contributed by atoms with Crippen LogP contribution in [0.1, 0.15) is 40.6 Å². The summed E-state index contributed by atoms with van der Waals surface area (Å²) in [7, 11) is 1.63. The van der Waals surface area contributed by atoms with E-state index in [2.05, 4.69) is 17.4 Å². The zero-order chi connectivity index (χ0) is 17.2. The Balaban J connectivity index is 1.66. The lowest BCUT2D eigenvalue weighted by atomic mass is 10.0. The number of rotatable bonds is 6. The van der Waals surface area contributed by atoms with Crippen LogP contribution in [0.3, 0.4) is 0 Å². The molecule has 1 N–H and O–H groups in total. The van der Waals surface area contributed by atoms with Crippen molar-refractivity contribution in [3.05, 3.63) is 71.5 Å². The van der Waals surface area contributed by atoms with E-state index in [0.29, 0.717) is 23.9 Å². The number of furan rings is 1. The largest absolute Gasteiger partial charge is 0.451 e. The minimum absolute atomic E-state index is 0.0253. The number of benzene rings is 2. The lowest BCUT2D eigenvalue weighted by molar-refractivity contribution is 0.0899. The van der Waals surface area contributed by atoms with Gasteiger partial charge < -0.3 is 14.5 Å². The Bertz CT molecular complexity index is 881. The highest BCUT2D eigenvalue weighted by molar-refractivity contribution is 5.99. The van der Waals surface area contributed by atoms with Gasteiger partial charge in [0, 0.05) is 18.1 Å². The van der Waals surface area contributed by atoms with Crippen LogP contribution in [0.25, 0.3) is 11.0 Å². The van der Waals surface area contributed by atoms with Gasteiger partial charge in [-0.1, -0.05) is 48.5 Å². The van der Waals surface area contributed by atoms with Gasteiger partial charge in [-0.2, -0.15) is 0 Å². The highest BCUT2D eigenvalue weighted by atomic mass is 16.5. The van der Waals surface area contributed by atoms with Gasteiger partial charge in [0.1, 0.15) is 5.58 Å². The number of amides is 1. The Morgan fingerprint density at radius 2 is 1.88 bits per heavy atom. The summed E-state index contributed by atoms with van der Waals surface area (Å²) in [4.78, 5) is 13.0. The van der Waals surface area contributed by atoms with E-state index in [1.807, 2.05) is 42.5 Å². The number of fused-ring (bicyclic) bond motifs is 1. The van der Waals surface area contributed by atoms with Crippen molar-refractivity contribution < 1.29 is 13.9 Å². The Labute approximate surface area is 146 Å². The molecule has 25 heavy (non-hydrogen) atoms. The number of carbonyl (C=O) groups is 1. The van der Waals surface area contributed by atoms with Gasteiger partial charge in [-0.15, -0.1) is 0 Å². The van der Waals surface area contributed by atoms with E-state index in [9.17, 15) is 4.79 Å². The molecule has 3 aromatic rings. The maximum absolute atomic E-state index is 13.0. The zero-order valence-electron chi connectivity index (χ0n) is 14.2. The van der Waals surface area contributed by atoms with Crippen molar-refractivity contribution in [2.45, 2.75) is 25.5 Å². The fourth-order valence-electron chi connectivity index (χ4n) is 3.34. The van der Waals surface area contributed by atoms with Gasteiger partial charge in [0.15, 0.2) is 5.76 Å². The number of para-hydroxylation sites is 1. The second-order valence-corrected chi connectivity index (χ2v) is 6.54. The summed E-state index contributed by atoms with van der Waals surface area (Å²) in [6, 6.07) is 17.8. The number of methoxy groups -OCH3 is 1. The first-order valence-electron chi connectivity index (χ1n) is 8.63. The fourth-order valence-corrected chi connectivity index (χ4v) is 3.34. The maximum atomic E-state index is 13.0. The van der Waals surface area contributed by atoms with E-state index in [1.165, 1.54) is 0 Å². The van der Waals surface area contributed by atoms with Crippen LogP contribution in [-0.4, -0.2) is 13.0 Å². The summed E-state index contributed by atoms with van der Waals surface area (Å²) in [5.41, 5.74) is 2.66. The fraction of sp³-hybridized carbons (Fsp3) is 0.286. The first-order chi connectivity index (χ1) is 12.3. The number of ether oxygens (including phenoxy) is 1. The third kappa shape index (κ3) is 3.17. The van der Waals surface area contributed by atoms with Crippen LogP contribution in [0.2, 0.25) is 0 Å². The minimum atomic E-state index is -0.177. The van der Waals surface area contributed by atoms with E-state index in [-0.39, 0.29) is 11.9 Å². The number of nitrogens with one attached hydrogen (secondary N) is 1. The number of carbonyl (C=O) groups excluding carboxylic acids is 1. The monoisotopic (exact) mass is 335 g/mol. The predicted octanol–water partition coefficient (Wildman–Crippen LogP) is 4.46. The molecule has 0 saturated heterocycles. The average molecular weight is 335 g/mol. The molecule has 1 saturated carbocycles. The molecule has 1 aliphatic carbocycles. The van der Waals surface area contributed by atoms with Crippen LogP contribution in [-0.2, 0) is 11.3 Å². The molecule has 1 unspecified atom stereocenters. The van der Waals surface area contributed by atoms with Gasteiger partial charge in [-0.3, -0.25) is 4.79 Å². The third-order valence-electron chi connectivity index (χ3n) is 4.73. The molecule has 1 aliphatic rings. The predicted molar refractivity (Wildman–Crippen MR) is 96.3 cm³/mol. The minimum Gasteiger partial charge on any atom is -0.451 e. The van der Waals surface area contributed by atoms with E-state index in [1.54, 1.807) is 7.11 Å². The van der Waals surface area contributed by atoms with Crippen molar-refractivity contribution in [1.82, 2.24) is 5.32 Å². The van der Waals surface area contributed by atoms with Crippen LogP contribution in [0.5, 0.6) is 0 Å². The Kier molecular flexibility index (Phi) is 4.28. The van der Waals surface area contributed by atoms with Crippen LogP contribution in [0.4, 0.5) is 0 Å². The highest BCUT2D eigenvalue weighted by Crippen LogP contribution is 2.41. The van der Waals surface area contributed by atoms with Crippen molar-refractivity contribution >= 4 is 16.9 Å². The first kappa shape index (κ1) is 15.9. The quantitative estimate of drug-likeness (QED) is 0.723. The molecule has 1 aromatic heterocycles. The lowest BCUT2D eigenvalue weighted by Gasteiger charge is -2.18. The average Bonchev–Trinajstić information content (AvgIpc) is 3.42. The number of hydrogen-bond donors (Lipinski definition) is 1. The van der Waals surface area contributed by atoms with Crippen LogP contribution < -0.4 is 5.32 Å². The van der Waals surface area contributed by atoms with E-state index < -0.39 is 0 Å². The van der Waals surface area contributed by atoms with Gasteiger partial charge in [-0.25, -0.2) is 0 Å². The molecule has 1 heterocycles. The zero-order valence-corrected chi connectivity index (χ0v) is 14.2. The standard InChI is InChI=1S/C21H21NO3/c1-24-13-17-16-9-5-6-10-18(16)25-20(17)21(23)22-19(15-11-12-15)14-7-3-2-4-8-14/h2-10,15,19H,11-13H2,1H3,(H,22,23). The molecule has 0 spiro atoms. The summed E-state index contributed by atoms with van der Waals surface area (Å²) in [5.74, 6) is 0.676. The van der Waals surface area contributed by atoms with E-state index in [0.717, 1.165) is 29.4 Å². The van der Waals surface area contributed by atoms with Crippen molar-refractivity contribution in [3.8, 4) is 0 Å². The third-order valence-corrected chi connectivity index (χ3v) is 4.73. The first-order valence-corrected chi connectivity index (χ1v) is 8.63. The topological polar surface area (TPSA) is 51.5 Å². The molecule has 0 bridgehead atoms. The van der Waals surface area contributed by atoms with Gasteiger partial charge in [0.05, 0.1) is 12.6 Å². The SMILES string of the molecule is COCc1c(C(=O)NC(c2ccccc2)C2CC2)oc2ccccc12. The summed E-state index contributed by atoms with van der Waals surface area (Å²) in [6.07, 6.45) is 2.29. The molecule has 128 valence electrons. The second-order valence-electron chi connectivity index (χ2n) is 6.54. The lowest BCUT2D eigenvalue weighted by Crippen LogP contribution is -2.30. The molecule has 1 fully saturated rings. The van der Waals surface area contributed by atoms with Crippen LogP contribution >= 0.6 is 0 Å². The smallest absolute Gasteiger partial charge is 0.287 e. The van der Waals surface area contributed by atoms with E-state index >= 15 is 0 Å². The summed E-state index contributed by atoms with van der Waals surface area (Å²) < 4.78 is 11.2. The molecular formula is C21H21NO3. The van der Waals surface area contributed by atoms with Crippen LogP contribution in [0.15, 0.2) is 59.0 Å². The summed E-state index contributed by atoms with van der Waals surface area (Å²) in [6.45, 7) is 0.346. The van der Waals surface area contributed by atoms with Crippen molar-refractivity contribution in [2.24, 2.45) is 5.92 Å². The van der Waals surface area contributed by atoms with E-state index in [4.69, 9.17) is 9.15 Å². The van der Waals surface area contributed by atoms with Gasteiger partial charge in [0.25, 0.3) is 5.91 Å². The molecule has 1 atom stereocenters. The summed E-state index contributed by atoms with van der Waals surface area (Å²) >= 11 is 0. The molecule has 4 heteroatoms. The van der Waals surface area contributed by atoms with Crippen molar-refractivity contribution in [2.75, 3.05) is 7.11 Å². The summed E-state index contributed by atoms with van der Waals surface area (Å²) in [5, 5.41) is 4.11. The van der Waals surface area contributed by atoms with Crippen molar-refractivity contribution in [1.29, 1.82) is 0 Å². The Morgan fingerprint density at radius 1 is 1.16 bits per heavy atom. The molecule has 2 aromatic carbocycles.